The molecular formula is C11H9N5O4. The maximum absolute atomic E-state index is 11.5. The molecule has 4 N–H and O–H groups in total. The molecule has 3 amide bonds. The van der Waals surface area contributed by atoms with Crippen LogP contribution in [0.4, 0.5) is 10.5 Å². The van der Waals surface area contributed by atoms with Gasteiger partial charge in [0.1, 0.15) is 5.84 Å². The third-order valence-corrected chi connectivity index (χ3v) is 2.40. The van der Waals surface area contributed by atoms with Crippen LogP contribution in [0.5, 0.6) is 0 Å². The lowest BCUT2D eigenvalue weighted by atomic mass is 10.2. The van der Waals surface area contributed by atoms with Crippen LogP contribution in [-0.2, 0) is 4.79 Å². The van der Waals surface area contributed by atoms with Crippen molar-refractivity contribution >= 4 is 29.4 Å². The first-order chi connectivity index (χ1) is 9.49. The summed E-state index contributed by atoms with van der Waals surface area (Å²) in [4.78, 5) is 36.7. The summed E-state index contributed by atoms with van der Waals surface area (Å²) < 4.78 is 0. The normalized spacial score (nSPS) is 18.8. The summed E-state index contributed by atoms with van der Waals surface area (Å²) in [6.07, 6.45) is 0. The number of hydrogen-bond acceptors (Lipinski definition) is 6. The summed E-state index contributed by atoms with van der Waals surface area (Å²) in [5.41, 5.74) is 5.42. The number of carbonyl (C=O) groups is 3. The van der Waals surface area contributed by atoms with Crippen molar-refractivity contribution in [3.05, 3.63) is 29.8 Å². The van der Waals surface area contributed by atoms with Crippen molar-refractivity contribution in [1.29, 1.82) is 0 Å². The maximum Gasteiger partial charge on any atom is 0.349 e. The molecule has 1 aromatic carbocycles. The van der Waals surface area contributed by atoms with Crippen LogP contribution in [0.3, 0.4) is 0 Å². The highest BCUT2D eigenvalue weighted by Crippen LogP contribution is 2.19. The lowest BCUT2D eigenvalue weighted by Crippen LogP contribution is -2.48. The van der Waals surface area contributed by atoms with E-state index in [4.69, 9.17) is 10.8 Å². The molecule has 1 aromatic rings. The van der Waals surface area contributed by atoms with Gasteiger partial charge in [0, 0.05) is 0 Å². The number of aromatic carboxylic acids is 1. The van der Waals surface area contributed by atoms with E-state index in [9.17, 15) is 14.4 Å². The number of amidine groups is 1. The zero-order valence-electron chi connectivity index (χ0n) is 9.98. The standard InChI is InChI=1S/C11H9N5O4/c12-8-7(9(17)14-11(20)13-8)16-15-6-4-2-1-3-5(6)10(18)19/h1-4,7H,(H,18,19)(H3,12,13,14,17,20). The number of imide groups is 1. The number of benzene rings is 1. The lowest BCUT2D eigenvalue weighted by Gasteiger charge is -2.13. The van der Waals surface area contributed by atoms with Gasteiger partial charge in [-0.05, 0) is 12.1 Å². The molecule has 1 aliphatic rings. The SMILES string of the molecule is NC1=NC(=O)NC(=O)C1N=Nc1ccccc1C(=O)O. The van der Waals surface area contributed by atoms with Gasteiger partial charge in [0.15, 0.2) is 0 Å². The summed E-state index contributed by atoms with van der Waals surface area (Å²) >= 11 is 0. The Bertz CT molecular complexity index is 652. The average Bonchev–Trinajstić information content (AvgIpc) is 2.37. The second kappa shape index (κ2) is 5.26. The highest BCUT2D eigenvalue weighted by atomic mass is 16.4. The van der Waals surface area contributed by atoms with Gasteiger partial charge in [-0.15, -0.1) is 0 Å². The fourth-order valence-electron chi connectivity index (χ4n) is 1.49. The molecule has 1 aliphatic heterocycles. The second-order valence-corrected chi connectivity index (χ2v) is 3.77. The molecule has 102 valence electrons. The number of azo groups is 1. The van der Waals surface area contributed by atoms with Crippen LogP contribution in [0.2, 0.25) is 0 Å². The largest absolute Gasteiger partial charge is 0.478 e. The number of carbonyl (C=O) groups excluding carboxylic acids is 2. The first kappa shape index (κ1) is 13.3. The number of hydrogen-bond donors (Lipinski definition) is 3. The van der Waals surface area contributed by atoms with Gasteiger partial charge in [-0.1, -0.05) is 12.1 Å². The quantitative estimate of drug-likeness (QED) is 0.685. The molecule has 1 atom stereocenters. The molecular weight excluding hydrogens is 266 g/mol. The molecule has 0 bridgehead atoms. The molecule has 0 radical (unpaired) electrons. The topological polar surface area (TPSA) is 147 Å². The molecule has 0 fully saturated rings. The number of aliphatic imine (C=N–C) groups is 1. The van der Waals surface area contributed by atoms with Crippen LogP contribution < -0.4 is 11.1 Å². The van der Waals surface area contributed by atoms with Crippen LogP contribution in [0.1, 0.15) is 10.4 Å². The Labute approximate surface area is 112 Å². The molecule has 0 aliphatic carbocycles. The van der Waals surface area contributed by atoms with Crippen molar-refractivity contribution in [3.63, 3.8) is 0 Å². The second-order valence-electron chi connectivity index (χ2n) is 3.77. The average molecular weight is 275 g/mol. The van der Waals surface area contributed by atoms with Crippen LogP contribution in [0.15, 0.2) is 39.5 Å². The monoisotopic (exact) mass is 275 g/mol. The summed E-state index contributed by atoms with van der Waals surface area (Å²) in [5, 5.41) is 18.2. The Morgan fingerprint density at radius 3 is 2.70 bits per heavy atom. The van der Waals surface area contributed by atoms with Gasteiger partial charge in [-0.3, -0.25) is 10.1 Å². The molecule has 0 saturated heterocycles. The van der Waals surface area contributed by atoms with Crippen LogP contribution >= 0.6 is 0 Å². The summed E-state index contributed by atoms with van der Waals surface area (Å²) in [6.45, 7) is 0. The molecule has 2 rings (SSSR count). The number of nitrogens with two attached hydrogens (primary N) is 1. The predicted octanol–water partition coefficient (Wildman–Crippen LogP) is 0.444. The maximum atomic E-state index is 11.5. The van der Waals surface area contributed by atoms with Crippen LogP contribution in [0.25, 0.3) is 0 Å². The molecule has 0 spiro atoms. The van der Waals surface area contributed by atoms with Crippen LogP contribution in [0, 0.1) is 0 Å². The fourth-order valence-corrected chi connectivity index (χ4v) is 1.49. The van der Waals surface area contributed by atoms with E-state index in [1.165, 1.54) is 18.2 Å². The third-order valence-electron chi connectivity index (χ3n) is 2.40. The smallest absolute Gasteiger partial charge is 0.349 e. The van der Waals surface area contributed by atoms with Gasteiger partial charge in [-0.25, -0.2) is 9.59 Å². The minimum Gasteiger partial charge on any atom is -0.478 e. The van der Waals surface area contributed by atoms with Gasteiger partial charge in [0.05, 0.1) is 11.3 Å². The van der Waals surface area contributed by atoms with E-state index in [0.717, 1.165) is 0 Å². The number of rotatable bonds is 3. The molecule has 0 aromatic heterocycles. The van der Waals surface area contributed by atoms with Crippen molar-refractivity contribution in [2.24, 2.45) is 21.0 Å². The molecule has 20 heavy (non-hydrogen) atoms. The first-order valence-electron chi connectivity index (χ1n) is 5.41. The Balaban J connectivity index is 2.30. The zero-order chi connectivity index (χ0) is 14.7. The first-order valence-corrected chi connectivity index (χ1v) is 5.41. The summed E-state index contributed by atoms with van der Waals surface area (Å²) in [7, 11) is 0. The zero-order valence-corrected chi connectivity index (χ0v) is 9.98. The Morgan fingerprint density at radius 2 is 2.05 bits per heavy atom. The van der Waals surface area contributed by atoms with Crippen molar-refractivity contribution in [1.82, 2.24) is 5.32 Å². The predicted molar refractivity (Wildman–Crippen MR) is 66.9 cm³/mol. The van der Waals surface area contributed by atoms with Crippen molar-refractivity contribution in [2.75, 3.05) is 0 Å². The Hall–Kier alpha value is -3.10. The van der Waals surface area contributed by atoms with Gasteiger partial charge in [-0.2, -0.15) is 15.2 Å². The Kier molecular flexibility index (Phi) is 3.51. The summed E-state index contributed by atoms with van der Waals surface area (Å²) in [6, 6.07) is 3.75. The van der Waals surface area contributed by atoms with E-state index in [1.807, 2.05) is 5.32 Å². The fraction of sp³-hybridized carbons (Fsp3) is 0.0909. The van der Waals surface area contributed by atoms with Gasteiger partial charge in [0.25, 0.3) is 5.91 Å². The summed E-state index contributed by atoms with van der Waals surface area (Å²) in [5.74, 6) is -2.24. The Morgan fingerprint density at radius 1 is 1.35 bits per heavy atom. The highest BCUT2D eigenvalue weighted by molar-refractivity contribution is 6.18. The number of amides is 3. The van der Waals surface area contributed by atoms with Gasteiger partial charge < -0.3 is 10.8 Å². The minimum absolute atomic E-state index is 0.0671. The van der Waals surface area contributed by atoms with E-state index in [0.29, 0.717) is 0 Å². The molecule has 1 heterocycles. The van der Waals surface area contributed by atoms with Gasteiger partial charge >= 0.3 is 12.0 Å². The number of nitrogens with zero attached hydrogens (tertiary/aromatic N) is 3. The van der Waals surface area contributed by atoms with E-state index in [2.05, 4.69) is 15.2 Å². The lowest BCUT2D eigenvalue weighted by molar-refractivity contribution is -0.120. The van der Waals surface area contributed by atoms with Crippen molar-refractivity contribution in [3.8, 4) is 0 Å². The number of carboxylic acids is 1. The van der Waals surface area contributed by atoms with Gasteiger partial charge in [0.2, 0.25) is 6.04 Å². The minimum atomic E-state index is -1.26. The number of urea groups is 1. The van der Waals surface area contributed by atoms with E-state index >= 15 is 0 Å². The third kappa shape index (κ3) is 2.66. The highest BCUT2D eigenvalue weighted by Gasteiger charge is 2.29. The molecule has 0 saturated carbocycles. The number of nitrogens with one attached hydrogen (secondary N) is 1. The molecule has 1 unspecified atom stereocenters. The molecule has 9 heteroatoms. The van der Waals surface area contributed by atoms with E-state index in [-0.39, 0.29) is 17.1 Å². The van der Waals surface area contributed by atoms with Crippen molar-refractivity contribution < 1.29 is 19.5 Å². The van der Waals surface area contributed by atoms with E-state index < -0.39 is 23.9 Å². The number of carboxylic acid groups (broad SMARTS) is 1. The van der Waals surface area contributed by atoms with E-state index in [1.54, 1.807) is 6.07 Å². The van der Waals surface area contributed by atoms with Crippen LogP contribution in [-0.4, -0.2) is 34.9 Å². The van der Waals surface area contributed by atoms with Crippen molar-refractivity contribution in [2.45, 2.75) is 6.04 Å². The molecule has 9 nitrogen and oxygen atoms in total.